The summed E-state index contributed by atoms with van der Waals surface area (Å²) in [6.07, 6.45) is 7.06. The van der Waals surface area contributed by atoms with Gasteiger partial charge in [-0.2, -0.15) is 0 Å². The molecule has 0 radical (unpaired) electrons. The normalized spacial score (nSPS) is 11.5. The van der Waals surface area contributed by atoms with Crippen LogP contribution in [0.15, 0.2) is 54.6 Å². The highest BCUT2D eigenvalue weighted by molar-refractivity contribution is 5.88. The molecule has 2 aromatic carbocycles. The number of ether oxygens (including phenoxy) is 1. The van der Waals surface area contributed by atoms with Crippen LogP contribution in [0.3, 0.4) is 0 Å². The van der Waals surface area contributed by atoms with Crippen molar-refractivity contribution in [3.05, 3.63) is 71.3 Å². The number of hydrogen-bond acceptors (Lipinski definition) is 6. The summed E-state index contributed by atoms with van der Waals surface area (Å²) in [6.45, 7) is 5.82. The van der Waals surface area contributed by atoms with E-state index in [4.69, 9.17) is 11.2 Å². The van der Waals surface area contributed by atoms with Crippen molar-refractivity contribution in [2.45, 2.75) is 45.9 Å². The van der Waals surface area contributed by atoms with E-state index >= 15 is 0 Å². The maximum absolute atomic E-state index is 13.6. The van der Waals surface area contributed by atoms with E-state index < -0.39 is 6.04 Å². The van der Waals surface area contributed by atoms with E-state index in [2.05, 4.69) is 16.7 Å². The van der Waals surface area contributed by atoms with Crippen LogP contribution in [0.1, 0.15) is 36.5 Å². The average molecular weight is 536 g/mol. The van der Waals surface area contributed by atoms with Crippen LogP contribution in [-0.4, -0.2) is 79.0 Å². The first-order chi connectivity index (χ1) is 18.9. The summed E-state index contributed by atoms with van der Waals surface area (Å²) in [5.74, 6) is 1.94. The number of nitrogens with zero attached hydrogens (tertiary/aromatic N) is 3. The molecule has 2 rings (SSSR count). The summed E-state index contributed by atoms with van der Waals surface area (Å²) in [4.78, 5) is 41.2. The molecule has 2 N–H and O–H groups in total. The third-order valence-corrected chi connectivity index (χ3v) is 6.18. The molecule has 0 spiro atoms. The SMILES string of the molecule is C#CCN(CC(=O)N(CNCc1ccccc1)C(CCC)C(=O)N(C)CCOCc1ccc(C)cc1)NC=O. The third-order valence-electron chi connectivity index (χ3n) is 6.18. The van der Waals surface area contributed by atoms with Crippen molar-refractivity contribution in [1.82, 2.24) is 25.6 Å². The van der Waals surface area contributed by atoms with Crippen LogP contribution < -0.4 is 10.7 Å². The van der Waals surface area contributed by atoms with Crippen LogP contribution in [-0.2, 0) is 32.3 Å². The predicted molar refractivity (Wildman–Crippen MR) is 152 cm³/mol. The molecule has 0 aliphatic carbocycles. The van der Waals surface area contributed by atoms with E-state index in [1.165, 1.54) is 15.5 Å². The fraction of sp³-hybridized carbons (Fsp3) is 0.433. The summed E-state index contributed by atoms with van der Waals surface area (Å²) in [7, 11) is 1.72. The van der Waals surface area contributed by atoms with Crippen molar-refractivity contribution in [3.8, 4) is 12.3 Å². The summed E-state index contributed by atoms with van der Waals surface area (Å²) >= 11 is 0. The monoisotopic (exact) mass is 535 g/mol. The average Bonchev–Trinajstić information content (AvgIpc) is 2.93. The van der Waals surface area contributed by atoms with Gasteiger partial charge in [0, 0.05) is 20.1 Å². The topological polar surface area (TPSA) is 94.2 Å². The van der Waals surface area contributed by atoms with E-state index in [0.717, 1.165) is 11.1 Å². The van der Waals surface area contributed by atoms with Gasteiger partial charge in [0.05, 0.1) is 33.0 Å². The Morgan fingerprint density at radius 3 is 2.46 bits per heavy atom. The minimum absolute atomic E-state index is 0.0559. The van der Waals surface area contributed by atoms with Crippen molar-refractivity contribution in [2.24, 2.45) is 0 Å². The van der Waals surface area contributed by atoms with Crippen LogP contribution in [0.5, 0.6) is 0 Å². The zero-order valence-corrected chi connectivity index (χ0v) is 23.3. The summed E-state index contributed by atoms with van der Waals surface area (Å²) in [5, 5.41) is 4.63. The van der Waals surface area contributed by atoms with Gasteiger partial charge in [0.1, 0.15) is 6.04 Å². The molecule has 0 fully saturated rings. The Bertz CT molecular complexity index is 1060. The molecule has 0 saturated heterocycles. The van der Waals surface area contributed by atoms with Gasteiger partial charge in [-0.05, 0) is 24.5 Å². The number of likely N-dealkylation sites (N-methyl/N-ethyl adjacent to an activating group) is 1. The second-order valence-corrected chi connectivity index (χ2v) is 9.34. The van der Waals surface area contributed by atoms with Gasteiger partial charge in [-0.1, -0.05) is 79.4 Å². The Labute approximate surface area is 232 Å². The maximum Gasteiger partial charge on any atom is 0.245 e. The molecule has 0 aliphatic rings. The summed E-state index contributed by atoms with van der Waals surface area (Å²) in [6, 6.07) is 17.2. The number of carbonyl (C=O) groups is 3. The third kappa shape index (κ3) is 11.3. The Morgan fingerprint density at radius 2 is 1.82 bits per heavy atom. The van der Waals surface area contributed by atoms with Crippen molar-refractivity contribution >= 4 is 18.2 Å². The molecular weight excluding hydrogens is 494 g/mol. The number of carbonyl (C=O) groups excluding carboxylic acids is 3. The van der Waals surface area contributed by atoms with Gasteiger partial charge in [0.25, 0.3) is 0 Å². The lowest BCUT2D eigenvalue weighted by Crippen LogP contribution is -2.56. The van der Waals surface area contributed by atoms with Gasteiger partial charge in [0.2, 0.25) is 18.2 Å². The molecule has 39 heavy (non-hydrogen) atoms. The minimum atomic E-state index is -0.684. The number of terminal acetylenes is 1. The minimum Gasteiger partial charge on any atom is -0.375 e. The number of hydrazine groups is 1. The molecule has 0 aliphatic heterocycles. The molecule has 0 aromatic heterocycles. The lowest BCUT2D eigenvalue weighted by Gasteiger charge is -2.35. The van der Waals surface area contributed by atoms with Gasteiger partial charge < -0.3 is 14.5 Å². The van der Waals surface area contributed by atoms with Crippen molar-refractivity contribution in [1.29, 1.82) is 0 Å². The molecule has 0 bridgehead atoms. The van der Waals surface area contributed by atoms with Crippen molar-refractivity contribution < 1.29 is 19.1 Å². The quantitative estimate of drug-likeness (QED) is 0.100. The molecule has 0 heterocycles. The van der Waals surface area contributed by atoms with Gasteiger partial charge in [-0.15, -0.1) is 6.42 Å². The van der Waals surface area contributed by atoms with E-state index in [1.54, 1.807) is 11.9 Å². The lowest BCUT2D eigenvalue weighted by molar-refractivity contribution is -0.147. The van der Waals surface area contributed by atoms with Gasteiger partial charge in [0.15, 0.2) is 0 Å². The van der Waals surface area contributed by atoms with Crippen molar-refractivity contribution in [3.63, 3.8) is 0 Å². The first-order valence-corrected chi connectivity index (χ1v) is 13.2. The summed E-state index contributed by atoms with van der Waals surface area (Å²) < 4.78 is 5.79. The van der Waals surface area contributed by atoms with Crippen LogP contribution in [0.25, 0.3) is 0 Å². The van der Waals surface area contributed by atoms with E-state index in [1.807, 2.05) is 68.4 Å². The highest BCUT2D eigenvalue weighted by Gasteiger charge is 2.31. The van der Waals surface area contributed by atoms with E-state index in [0.29, 0.717) is 45.6 Å². The van der Waals surface area contributed by atoms with Crippen LogP contribution in [0.4, 0.5) is 0 Å². The zero-order valence-electron chi connectivity index (χ0n) is 23.3. The van der Waals surface area contributed by atoms with E-state index in [9.17, 15) is 14.4 Å². The molecule has 210 valence electrons. The molecule has 2 aromatic rings. The fourth-order valence-electron chi connectivity index (χ4n) is 4.00. The number of nitrogens with one attached hydrogen (secondary N) is 2. The molecule has 9 nitrogen and oxygen atoms in total. The van der Waals surface area contributed by atoms with Gasteiger partial charge in [-0.3, -0.25) is 25.1 Å². The Kier molecular flexibility index (Phi) is 14.3. The zero-order chi connectivity index (χ0) is 28.5. The van der Waals surface area contributed by atoms with E-state index in [-0.39, 0.29) is 31.6 Å². The van der Waals surface area contributed by atoms with Crippen LogP contribution in [0, 0.1) is 19.3 Å². The predicted octanol–water partition coefficient (Wildman–Crippen LogP) is 2.31. The number of hydrogen-bond donors (Lipinski definition) is 2. The number of rotatable bonds is 18. The molecular formula is C30H41N5O4. The molecule has 0 saturated carbocycles. The van der Waals surface area contributed by atoms with Gasteiger partial charge >= 0.3 is 0 Å². The standard InChI is InChI=1S/C30H41N5O4/c1-5-10-28(30(38)33(4)18-19-39-22-27-15-13-25(3)14-16-27)35(23-31-20-26-11-8-7-9-12-26)29(37)21-34(17-6-2)32-24-36/h2,7-9,11-16,24,28,31H,5,10,17-23H2,1,3-4H3,(H,32,36). The fourth-order valence-corrected chi connectivity index (χ4v) is 4.00. The highest BCUT2D eigenvalue weighted by atomic mass is 16.5. The molecule has 9 heteroatoms. The second kappa shape index (κ2) is 17.7. The van der Waals surface area contributed by atoms with Gasteiger partial charge in [-0.25, -0.2) is 5.01 Å². The Morgan fingerprint density at radius 1 is 1.10 bits per heavy atom. The molecule has 3 amide bonds. The smallest absolute Gasteiger partial charge is 0.245 e. The maximum atomic E-state index is 13.6. The molecule has 1 unspecified atom stereocenters. The van der Waals surface area contributed by atoms with Crippen LogP contribution in [0.2, 0.25) is 0 Å². The number of amides is 3. The summed E-state index contributed by atoms with van der Waals surface area (Å²) in [5.41, 5.74) is 5.77. The Hall–Kier alpha value is -3.71. The van der Waals surface area contributed by atoms with Crippen LogP contribution >= 0.6 is 0 Å². The molecule has 1 atom stereocenters. The lowest BCUT2D eigenvalue weighted by atomic mass is 10.1. The Balaban J connectivity index is 2.08. The number of benzene rings is 2. The number of aryl methyl sites for hydroxylation is 1. The first kappa shape index (κ1) is 31.5. The largest absolute Gasteiger partial charge is 0.375 e. The highest BCUT2D eigenvalue weighted by Crippen LogP contribution is 2.12. The second-order valence-electron chi connectivity index (χ2n) is 9.34. The van der Waals surface area contributed by atoms with Crippen molar-refractivity contribution in [2.75, 3.05) is 40.0 Å². The first-order valence-electron chi connectivity index (χ1n) is 13.2.